The molecule has 0 aromatic heterocycles. The van der Waals surface area contributed by atoms with Crippen LogP contribution >= 0.6 is 0 Å². The van der Waals surface area contributed by atoms with Crippen LogP contribution in [-0.4, -0.2) is 0 Å². The van der Waals surface area contributed by atoms with E-state index < -0.39 is 0 Å². The molecule has 90 valence electrons. The molecule has 0 amide bonds. The van der Waals surface area contributed by atoms with Crippen LogP contribution < -0.4 is 0 Å². The van der Waals surface area contributed by atoms with E-state index in [4.69, 9.17) is 0 Å². The summed E-state index contributed by atoms with van der Waals surface area (Å²) >= 11 is 0. The van der Waals surface area contributed by atoms with E-state index >= 15 is 0 Å². The predicted octanol–water partition coefficient (Wildman–Crippen LogP) is 4.38. The maximum atomic E-state index is 2.36. The van der Waals surface area contributed by atoms with Gasteiger partial charge in [-0.25, -0.2) is 0 Å². The Morgan fingerprint density at radius 2 is 1.50 bits per heavy atom. The molecule has 16 heavy (non-hydrogen) atoms. The van der Waals surface area contributed by atoms with Crippen LogP contribution in [0.2, 0.25) is 0 Å². The summed E-state index contributed by atoms with van der Waals surface area (Å²) in [6, 6.07) is 18.6. The van der Waals surface area contributed by atoms with E-state index in [0.29, 0.717) is 0 Å². The molecule has 2 aromatic carbocycles. The van der Waals surface area contributed by atoms with Gasteiger partial charge in [0, 0.05) is 17.1 Å². The van der Waals surface area contributed by atoms with Crippen molar-refractivity contribution in [2.24, 2.45) is 0 Å². The van der Waals surface area contributed by atoms with Crippen molar-refractivity contribution in [2.45, 2.75) is 19.3 Å². The molecule has 1 aliphatic carbocycles. The first-order chi connectivity index (χ1) is 7.47. The van der Waals surface area contributed by atoms with E-state index in [1.807, 2.05) is 30.3 Å². The molecule has 0 radical (unpaired) electrons. The van der Waals surface area contributed by atoms with Crippen molar-refractivity contribution >= 4 is 5.57 Å². The standard InChI is InChI=1S/C10H11.C5H5.Fe/c1-2-6-9(5-1)10-7-3-4-8-10;1-2-4-5-3-1;/h1-2,5-7H,3-4,8H2;1-5H;/q-1;-5;. The van der Waals surface area contributed by atoms with Crippen LogP contribution in [0, 0.1) is 0 Å². The predicted molar refractivity (Wildman–Crippen MR) is 65.9 cm³/mol. The minimum absolute atomic E-state index is 0. The van der Waals surface area contributed by atoms with Crippen molar-refractivity contribution in [3.05, 3.63) is 66.2 Å². The second-order valence-electron chi connectivity index (χ2n) is 3.76. The van der Waals surface area contributed by atoms with Crippen molar-refractivity contribution in [1.29, 1.82) is 0 Å². The maximum Gasteiger partial charge on any atom is 0 e. The third kappa shape index (κ3) is 3.84. The minimum Gasteiger partial charge on any atom is -0.748 e. The zero-order valence-electron chi connectivity index (χ0n) is 9.25. The third-order valence-corrected chi connectivity index (χ3v) is 2.63. The van der Waals surface area contributed by atoms with Crippen LogP contribution in [-0.2, 0) is 17.1 Å². The summed E-state index contributed by atoms with van der Waals surface area (Å²) in [5, 5.41) is 0. The average Bonchev–Trinajstić information content (AvgIpc) is 3.06. The molecule has 0 nitrogen and oxygen atoms in total. The van der Waals surface area contributed by atoms with Gasteiger partial charge in [0.15, 0.2) is 0 Å². The molecule has 0 unspecified atom stereocenters. The zero-order valence-corrected chi connectivity index (χ0v) is 10.4. The number of hydrogen-bond donors (Lipinski definition) is 0. The van der Waals surface area contributed by atoms with Gasteiger partial charge < -0.3 is 30.3 Å². The number of rotatable bonds is 1. The Kier molecular flexibility index (Phi) is 5.92. The normalized spacial score (nSPS) is 13.4. The van der Waals surface area contributed by atoms with E-state index in [-0.39, 0.29) is 17.1 Å². The largest absolute Gasteiger partial charge is 0.748 e. The quantitative estimate of drug-likeness (QED) is 0.522. The van der Waals surface area contributed by atoms with Gasteiger partial charge in [0.2, 0.25) is 0 Å². The molecular formula is C15H16Fe-6. The van der Waals surface area contributed by atoms with Crippen LogP contribution in [0.25, 0.3) is 5.57 Å². The van der Waals surface area contributed by atoms with Crippen molar-refractivity contribution in [2.75, 3.05) is 0 Å². The van der Waals surface area contributed by atoms with Crippen LogP contribution in [0.1, 0.15) is 24.8 Å². The van der Waals surface area contributed by atoms with Gasteiger partial charge in [-0.15, -0.1) is 23.3 Å². The third-order valence-electron chi connectivity index (χ3n) is 2.63. The van der Waals surface area contributed by atoms with Crippen molar-refractivity contribution in [3.63, 3.8) is 0 Å². The van der Waals surface area contributed by atoms with Gasteiger partial charge in [-0.3, -0.25) is 0 Å². The van der Waals surface area contributed by atoms with E-state index in [9.17, 15) is 0 Å². The fourth-order valence-electron chi connectivity index (χ4n) is 1.84. The second kappa shape index (κ2) is 7.27. The van der Waals surface area contributed by atoms with Crippen LogP contribution in [0.15, 0.2) is 60.7 Å². The summed E-state index contributed by atoms with van der Waals surface area (Å²) in [5.74, 6) is 0. The molecule has 1 aliphatic rings. The topological polar surface area (TPSA) is 0 Å². The number of hydrogen-bond acceptors (Lipinski definition) is 0. The summed E-state index contributed by atoms with van der Waals surface area (Å²) in [7, 11) is 0. The summed E-state index contributed by atoms with van der Waals surface area (Å²) in [6.07, 6.45) is 6.26. The van der Waals surface area contributed by atoms with E-state index in [1.165, 1.54) is 24.8 Å². The molecule has 1 heteroatoms. The first-order valence-corrected chi connectivity index (χ1v) is 5.54. The van der Waals surface area contributed by atoms with Gasteiger partial charge in [-0.2, -0.15) is 18.2 Å². The molecule has 0 spiro atoms. The Morgan fingerprint density at radius 3 is 1.94 bits per heavy atom. The molecule has 0 heterocycles. The average molecular weight is 252 g/mol. The molecule has 2 aromatic rings. The molecule has 0 bridgehead atoms. The Hall–Kier alpha value is -1.04. The molecule has 3 rings (SSSR count). The van der Waals surface area contributed by atoms with Gasteiger partial charge in [0.25, 0.3) is 0 Å². The van der Waals surface area contributed by atoms with Gasteiger partial charge in [0.1, 0.15) is 0 Å². The Bertz CT molecular complexity index is 362. The Labute approximate surface area is 108 Å². The van der Waals surface area contributed by atoms with Gasteiger partial charge in [-0.05, 0) is 6.42 Å². The smallest absolute Gasteiger partial charge is 0 e. The van der Waals surface area contributed by atoms with Crippen LogP contribution in [0.5, 0.6) is 0 Å². The molecule has 0 saturated carbocycles. The minimum atomic E-state index is 0. The monoisotopic (exact) mass is 252 g/mol. The Balaban J connectivity index is 0.000000183. The maximum absolute atomic E-state index is 2.36. The van der Waals surface area contributed by atoms with E-state index in [1.54, 1.807) is 5.57 Å². The van der Waals surface area contributed by atoms with Crippen LogP contribution in [0.4, 0.5) is 0 Å². The Morgan fingerprint density at radius 1 is 0.938 bits per heavy atom. The van der Waals surface area contributed by atoms with Crippen molar-refractivity contribution in [1.82, 2.24) is 0 Å². The van der Waals surface area contributed by atoms with Crippen molar-refractivity contribution < 1.29 is 17.1 Å². The molecule has 0 atom stereocenters. The molecule has 0 saturated heterocycles. The van der Waals surface area contributed by atoms with Crippen molar-refractivity contribution in [3.8, 4) is 0 Å². The van der Waals surface area contributed by atoms with Gasteiger partial charge in [0.05, 0.1) is 0 Å². The van der Waals surface area contributed by atoms with E-state index in [0.717, 1.165) is 0 Å². The van der Waals surface area contributed by atoms with E-state index in [2.05, 4.69) is 30.3 Å². The first kappa shape index (κ1) is 13.0. The second-order valence-corrected chi connectivity index (χ2v) is 3.76. The summed E-state index contributed by atoms with van der Waals surface area (Å²) < 4.78 is 0. The number of allylic oxidation sites excluding steroid dienone is 2. The fourth-order valence-corrected chi connectivity index (χ4v) is 1.84. The molecular weight excluding hydrogens is 236 g/mol. The molecule has 0 fully saturated rings. The van der Waals surface area contributed by atoms with Gasteiger partial charge >= 0.3 is 0 Å². The SMILES string of the molecule is C1=C([c-]2cccc2)CCC1.[Fe].[cH-]1[cH-][cH-][cH-][cH-]1. The molecule has 0 N–H and O–H groups in total. The summed E-state index contributed by atoms with van der Waals surface area (Å²) in [4.78, 5) is 0. The molecule has 0 aliphatic heterocycles. The zero-order chi connectivity index (χ0) is 10.3. The van der Waals surface area contributed by atoms with Crippen LogP contribution in [0.3, 0.4) is 0 Å². The fraction of sp³-hybridized carbons (Fsp3) is 0.200. The first-order valence-electron chi connectivity index (χ1n) is 5.54. The van der Waals surface area contributed by atoms with Gasteiger partial charge in [-0.1, -0.05) is 12.8 Å². The summed E-state index contributed by atoms with van der Waals surface area (Å²) in [5.41, 5.74) is 2.97. The summed E-state index contributed by atoms with van der Waals surface area (Å²) in [6.45, 7) is 0.